The number of rotatable bonds is 0. The number of hydrogen-bond acceptors (Lipinski definition) is 1. The van der Waals surface area contributed by atoms with Gasteiger partial charge >= 0.3 is 0 Å². The maximum absolute atomic E-state index is 12.3. The minimum atomic E-state index is 0.110. The second-order valence-corrected chi connectivity index (χ2v) is 4.26. The Balaban J connectivity index is 2.54. The molecule has 2 nitrogen and oxygen atoms in total. The van der Waals surface area contributed by atoms with Gasteiger partial charge in [0.25, 0.3) is 0 Å². The minimum Gasteiger partial charge on any atom is -0.306 e. The van der Waals surface area contributed by atoms with Gasteiger partial charge in [0.15, 0.2) is 0 Å². The molecule has 4 aromatic rings. The summed E-state index contributed by atoms with van der Waals surface area (Å²) in [6.45, 7) is 0. The van der Waals surface area contributed by atoms with Crippen LogP contribution < -0.4 is 5.43 Å². The first-order valence-electron chi connectivity index (χ1n) is 5.61. The van der Waals surface area contributed by atoms with Crippen LogP contribution in [-0.2, 0) is 0 Å². The summed E-state index contributed by atoms with van der Waals surface area (Å²) in [4.78, 5) is 12.3. The Hall–Kier alpha value is -2.35. The second-order valence-electron chi connectivity index (χ2n) is 4.26. The lowest BCUT2D eigenvalue weighted by Crippen LogP contribution is -2.06. The molecule has 4 rings (SSSR count). The Labute approximate surface area is 97.1 Å². The first kappa shape index (κ1) is 8.76. The number of fused-ring (bicyclic) bond motifs is 2. The highest BCUT2D eigenvalue weighted by molar-refractivity contribution is 6.00. The summed E-state index contributed by atoms with van der Waals surface area (Å²) in [6.07, 6.45) is 0. The van der Waals surface area contributed by atoms with Crippen molar-refractivity contribution in [2.45, 2.75) is 0 Å². The molecule has 0 amide bonds. The first-order chi connectivity index (χ1) is 8.36. The van der Waals surface area contributed by atoms with Crippen LogP contribution in [0, 0.1) is 0 Å². The van der Waals surface area contributed by atoms with Crippen molar-refractivity contribution in [1.82, 2.24) is 4.40 Å². The largest absolute Gasteiger partial charge is 0.306 e. The number of aromatic nitrogens is 1. The lowest BCUT2D eigenvalue weighted by molar-refractivity contribution is 1.31. The van der Waals surface area contributed by atoms with Gasteiger partial charge in [-0.25, -0.2) is 0 Å². The highest BCUT2D eigenvalue weighted by Gasteiger charge is 2.09. The Kier molecular flexibility index (Phi) is 1.47. The van der Waals surface area contributed by atoms with E-state index in [4.69, 9.17) is 0 Å². The minimum absolute atomic E-state index is 0.110. The normalized spacial score (nSPS) is 11.8. The van der Waals surface area contributed by atoms with Crippen molar-refractivity contribution in [3.8, 4) is 0 Å². The fourth-order valence-corrected chi connectivity index (χ4v) is 2.59. The average Bonchev–Trinajstić information content (AvgIpc) is 2.81. The molecule has 0 atom stereocenters. The van der Waals surface area contributed by atoms with Gasteiger partial charge in [-0.05, 0) is 24.3 Å². The van der Waals surface area contributed by atoms with Gasteiger partial charge in [-0.1, -0.05) is 30.3 Å². The van der Waals surface area contributed by atoms with Crippen molar-refractivity contribution >= 4 is 27.3 Å². The zero-order valence-electron chi connectivity index (χ0n) is 9.05. The fourth-order valence-electron chi connectivity index (χ4n) is 2.59. The molecule has 0 spiro atoms. The van der Waals surface area contributed by atoms with E-state index < -0.39 is 0 Å². The third-order valence-corrected chi connectivity index (χ3v) is 3.35. The molecular weight excluding hydrogens is 210 g/mol. The molecule has 0 aliphatic rings. The van der Waals surface area contributed by atoms with Crippen LogP contribution in [0.25, 0.3) is 27.3 Å². The second kappa shape index (κ2) is 2.86. The number of benzene rings is 1. The molecule has 0 N–H and O–H groups in total. The van der Waals surface area contributed by atoms with Gasteiger partial charge in [-0.3, -0.25) is 4.79 Å². The third-order valence-electron chi connectivity index (χ3n) is 3.35. The molecule has 0 saturated heterocycles. The van der Waals surface area contributed by atoms with Gasteiger partial charge in [0.1, 0.15) is 0 Å². The van der Waals surface area contributed by atoms with Crippen molar-refractivity contribution in [2.24, 2.45) is 0 Å². The maximum atomic E-state index is 12.3. The molecular formula is C15H9NO. The van der Waals surface area contributed by atoms with Gasteiger partial charge in [0.2, 0.25) is 5.43 Å². The van der Waals surface area contributed by atoms with E-state index in [2.05, 4.69) is 6.07 Å². The van der Waals surface area contributed by atoms with Gasteiger partial charge in [-0.2, -0.15) is 0 Å². The summed E-state index contributed by atoms with van der Waals surface area (Å²) in [7, 11) is 0. The highest BCUT2D eigenvalue weighted by Crippen LogP contribution is 2.22. The number of pyridine rings is 2. The molecule has 0 radical (unpaired) electrons. The smallest absolute Gasteiger partial charge is 0.210 e. The quantitative estimate of drug-likeness (QED) is 0.416. The van der Waals surface area contributed by atoms with E-state index in [1.54, 1.807) is 0 Å². The SMILES string of the molecule is O=c1c2ccccc2c2cccc3ccc1n32. The van der Waals surface area contributed by atoms with Crippen LogP contribution in [0.15, 0.2) is 59.4 Å². The molecule has 0 unspecified atom stereocenters. The highest BCUT2D eigenvalue weighted by atomic mass is 16.1. The van der Waals surface area contributed by atoms with Crippen LogP contribution in [0.1, 0.15) is 0 Å². The standard InChI is InChI=1S/C15H9NO/c17-15-12-6-2-1-5-11(12)13-7-3-4-10-8-9-14(15)16(10)13/h1-9H. The molecule has 0 aliphatic heterocycles. The summed E-state index contributed by atoms with van der Waals surface area (Å²) in [6, 6.07) is 17.8. The molecule has 1 aromatic carbocycles. The van der Waals surface area contributed by atoms with E-state index in [-0.39, 0.29) is 5.43 Å². The number of nitrogens with zero attached hydrogens (tertiary/aromatic N) is 1. The van der Waals surface area contributed by atoms with Crippen molar-refractivity contribution in [3.05, 3.63) is 64.8 Å². The molecule has 17 heavy (non-hydrogen) atoms. The lowest BCUT2D eigenvalue weighted by atomic mass is 10.1. The average molecular weight is 219 g/mol. The van der Waals surface area contributed by atoms with Crippen LogP contribution in [0.5, 0.6) is 0 Å². The van der Waals surface area contributed by atoms with E-state index >= 15 is 0 Å². The van der Waals surface area contributed by atoms with Crippen molar-refractivity contribution in [3.63, 3.8) is 0 Å². The van der Waals surface area contributed by atoms with Crippen LogP contribution in [0.4, 0.5) is 0 Å². The molecule has 3 heterocycles. The summed E-state index contributed by atoms with van der Waals surface area (Å²) in [5, 5.41) is 1.82. The third kappa shape index (κ3) is 0.972. The Morgan fingerprint density at radius 2 is 1.53 bits per heavy atom. The maximum Gasteiger partial charge on any atom is 0.210 e. The van der Waals surface area contributed by atoms with E-state index in [0.717, 1.165) is 27.3 Å². The van der Waals surface area contributed by atoms with Crippen LogP contribution in [0.3, 0.4) is 0 Å². The zero-order valence-corrected chi connectivity index (χ0v) is 9.05. The Morgan fingerprint density at radius 1 is 0.706 bits per heavy atom. The molecule has 80 valence electrons. The molecule has 0 saturated carbocycles. The summed E-state index contributed by atoms with van der Waals surface area (Å²) in [5.41, 5.74) is 3.03. The van der Waals surface area contributed by atoms with Gasteiger partial charge in [-0.15, -0.1) is 0 Å². The number of hydrogen-bond donors (Lipinski definition) is 0. The Morgan fingerprint density at radius 3 is 2.41 bits per heavy atom. The molecule has 2 heteroatoms. The molecule has 0 bridgehead atoms. The molecule has 3 aromatic heterocycles. The van der Waals surface area contributed by atoms with Crippen LogP contribution in [-0.4, -0.2) is 4.40 Å². The monoisotopic (exact) mass is 219 g/mol. The fraction of sp³-hybridized carbons (Fsp3) is 0. The lowest BCUT2D eigenvalue weighted by Gasteiger charge is -2.06. The summed E-state index contributed by atoms with van der Waals surface area (Å²) in [5.74, 6) is 0. The summed E-state index contributed by atoms with van der Waals surface area (Å²) < 4.78 is 2.03. The Bertz CT molecular complexity index is 898. The van der Waals surface area contributed by atoms with Gasteiger partial charge in [0.05, 0.1) is 11.0 Å². The van der Waals surface area contributed by atoms with Gasteiger partial charge in [0, 0.05) is 16.3 Å². The van der Waals surface area contributed by atoms with Crippen LogP contribution >= 0.6 is 0 Å². The van der Waals surface area contributed by atoms with Crippen molar-refractivity contribution in [1.29, 1.82) is 0 Å². The zero-order chi connectivity index (χ0) is 11.4. The molecule has 0 fully saturated rings. The predicted octanol–water partition coefficient (Wildman–Crippen LogP) is 3.04. The predicted molar refractivity (Wildman–Crippen MR) is 69.9 cm³/mol. The van der Waals surface area contributed by atoms with E-state index in [1.165, 1.54) is 0 Å². The summed E-state index contributed by atoms with van der Waals surface area (Å²) >= 11 is 0. The van der Waals surface area contributed by atoms with Crippen LogP contribution in [0.2, 0.25) is 0 Å². The first-order valence-corrected chi connectivity index (χ1v) is 5.61. The topological polar surface area (TPSA) is 21.5 Å². The van der Waals surface area contributed by atoms with E-state index in [0.29, 0.717) is 0 Å². The van der Waals surface area contributed by atoms with Crippen molar-refractivity contribution < 1.29 is 0 Å². The van der Waals surface area contributed by atoms with Crippen molar-refractivity contribution in [2.75, 3.05) is 0 Å². The molecule has 0 aliphatic carbocycles. The van der Waals surface area contributed by atoms with E-state index in [1.807, 2.05) is 52.9 Å². The van der Waals surface area contributed by atoms with Gasteiger partial charge < -0.3 is 4.40 Å². The van der Waals surface area contributed by atoms with E-state index in [9.17, 15) is 4.79 Å².